The summed E-state index contributed by atoms with van der Waals surface area (Å²) in [5, 5.41) is 0.898. The fraction of sp³-hybridized carbons (Fsp3) is 0.417. The molecule has 2 aromatic rings. The Kier molecular flexibility index (Phi) is 3.11. The van der Waals surface area contributed by atoms with Crippen molar-refractivity contribution in [2.45, 2.75) is 33.6 Å². The largest absolute Gasteiger partial charge is 0.368 e. The predicted octanol–water partition coefficient (Wildman–Crippen LogP) is 0.373. The maximum atomic E-state index is 12.3. The van der Waals surface area contributed by atoms with Gasteiger partial charge < -0.3 is 5.73 Å². The molecular formula is C12H17BN4O. The standard InChI is InChI=1S/C12H17BN4O/c1-6(2)17-10-8(5-9(13-4)11(17)18)7(3)15-12(14)16-10/h5-6,13H,1-4H3,(H2,14,15,16). The van der Waals surface area contributed by atoms with Crippen molar-refractivity contribution in [2.75, 3.05) is 5.73 Å². The van der Waals surface area contributed by atoms with Gasteiger partial charge in [0, 0.05) is 11.4 Å². The summed E-state index contributed by atoms with van der Waals surface area (Å²) >= 11 is 0. The lowest BCUT2D eigenvalue weighted by atomic mass is 9.73. The Balaban J connectivity index is 3.00. The van der Waals surface area contributed by atoms with Crippen molar-refractivity contribution in [2.24, 2.45) is 0 Å². The maximum absolute atomic E-state index is 12.3. The molecule has 2 aromatic heterocycles. The van der Waals surface area contributed by atoms with Crippen LogP contribution in [0.5, 0.6) is 0 Å². The fourth-order valence-corrected chi connectivity index (χ4v) is 2.16. The number of aromatic nitrogens is 3. The molecule has 0 fully saturated rings. The fourth-order valence-electron chi connectivity index (χ4n) is 2.16. The van der Waals surface area contributed by atoms with E-state index in [0.29, 0.717) is 12.9 Å². The van der Waals surface area contributed by atoms with Gasteiger partial charge in [-0.15, -0.1) is 0 Å². The second-order valence-corrected chi connectivity index (χ2v) is 4.70. The summed E-state index contributed by atoms with van der Waals surface area (Å²) in [7, 11) is 0.700. The van der Waals surface area contributed by atoms with Gasteiger partial charge in [-0.25, -0.2) is 4.98 Å². The van der Waals surface area contributed by atoms with E-state index >= 15 is 0 Å². The average molecular weight is 244 g/mol. The highest BCUT2D eigenvalue weighted by atomic mass is 16.1. The van der Waals surface area contributed by atoms with Gasteiger partial charge in [0.2, 0.25) is 11.5 Å². The molecule has 0 saturated heterocycles. The summed E-state index contributed by atoms with van der Waals surface area (Å²) < 4.78 is 1.69. The first-order chi connectivity index (χ1) is 8.45. The molecule has 0 unspecified atom stereocenters. The SMILES string of the molecule is CBc1cc2c(C)nc(N)nc2n(C(C)C)c1=O. The third-order valence-corrected chi connectivity index (χ3v) is 3.07. The van der Waals surface area contributed by atoms with Crippen LogP contribution in [0.2, 0.25) is 6.82 Å². The molecule has 0 aliphatic carbocycles. The number of fused-ring (bicyclic) bond motifs is 1. The van der Waals surface area contributed by atoms with Crippen molar-refractivity contribution < 1.29 is 0 Å². The zero-order valence-electron chi connectivity index (χ0n) is 11.2. The van der Waals surface area contributed by atoms with Gasteiger partial charge in [-0.2, -0.15) is 4.98 Å². The van der Waals surface area contributed by atoms with Crippen molar-refractivity contribution in [1.29, 1.82) is 0 Å². The first kappa shape index (κ1) is 12.6. The van der Waals surface area contributed by atoms with Crippen LogP contribution in [0, 0.1) is 6.92 Å². The van der Waals surface area contributed by atoms with E-state index in [2.05, 4.69) is 9.97 Å². The van der Waals surface area contributed by atoms with Gasteiger partial charge in [-0.05, 0) is 26.2 Å². The third kappa shape index (κ3) is 1.87. The summed E-state index contributed by atoms with van der Waals surface area (Å²) in [6, 6.07) is 1.92. The number of nitrogens with two attached hydrogens (primary N) is 1. The van der Waals surface area contributed by atoms with Gasteiger partial charge in [-0.1, -0.05) is 12.9 Å². The molecule has 5 nitrogen and oxygen atoms in total. The van der Waals surface area contributed by atoms with Crippen LogP contribution in [0.25, 0.3) is 11.0 Å². The molecule has 2 heterocycles. The highest BCUT2D eigenvalue weighted by Gasteiger charge is 2.14. The van der Waals surface area contributed by atoms with Gasteiger partial charge in [0.15, 0.2) is 7.28 Å². The van der Waals surface area contributed by atoms with Crippen LogP contribution >= 0.6 is 0 Å². The first-order valence-electron chi connectivity index (χ1n) is 6.14. The summed E-state index contributed by atoms with van der Waals surface area (Å²) in [6.45, 7) is 7.79. The third-order valence-electron chi connectivity index (χ3n) is 3.07. The van der Waals surface area contributed by atoms with E-state index in [1.165, 1.54) is 0 Å². The molecule has 0 amide bonds. The normalized spacial score (nSPS) is 11.2. The number of nitrogens with zero attached hydrogens (tertiary/aromatic N) is 3. The lowest BCUT2D eigenvalue weighted by Crippen LogP contribution is -2.38. The van der Waals surface area contributed by atoms with E-state index in [-0.39, 0.29) is 17.5 Å². The Morgan fingerprint density at radius 3 is 2.61 bits per heavy atom. The zero-order chi connectivity index (χ0) is 13.4. The van der Waals surface area contributed by atoms with Crippen LogP contribution in [0.4, 0.5) is 5.95 Å². The highest BCUT2D eigenvalue weighted by Crippen LogP contribution is 2.16. The molecule has 0 spiro atoms. The van der Waals surface area contributed by atoms with Crippen molar-refractivity contribution in [1.82, 2.24) is 14.5 Å². The van der Waals surface area contributed by atoms with E-state index in [4.69, 9.17) is 5.73 Å². The minimum Gasteiger partial charge on any atom is -0.368 e. The minimum absolute atomic E-state index is 0.0116. The van der Waals surface area contributed by atoms with Crippen molar-refractivity contribution in [3.05, 3.63) is 22.1 Å². The highest BCUT2D eigenvalue weighted by molar-refractivity contribution is 6.52. The van der Waals surface area contributed by atoms with Crippen LogP contribution in [0.15, 0.2) is 10.9 Å². The van der Waals surface area contributed by atoms with E-state index in [1.54, 1.807) is 4.57 Å². The molecule has 6 heteroatoms. The number of rotatable bonds is 2. The van der Waals surface area contributed by atoms with Crippen LogP contribution in [-0.4, -0.2) is 21.8 Å². The van der Waals surface area contributed by atoms with Gasteiger partial charge >= 0.3 is 0 Å². The Labute approximate surface area is 106 Å². The number of aryl methyl sites for hydroxylation is 1. The smallest absolute Gasteiger partial charge is 0.246 e. The molecule has 94 valence electrons. The van der Waals surface area contributed by atoms with Crippen LogP contribution in [-0.2, 0) is 0 Å². The second kappa shape index (κ2) is 4.44. The Morgan fingerprint density at radius 2 is 2.06 bits per heavy atom. The van der Waals surface area contributed by atoms with Gasteiger partial charge in [0.1, 0.15) is 5.65 Å². The molecule has 0 atom stereocenters. The summed E-state index contributed by atoms with van der Waals surface area (Å²) in [6.07, 6.45) is 0. The molecule has 18 heavy (non-hydrogen) atoms. The van der Waals surface area contributed by atoms with Crippen LogP contribution in [0.3, 0.4) is 0 Å². The first-order valence-corrected chi connectivity index (χ1v) is 6.14. The number of hydrogen-bond donors (Lipinski definition) is 1. The lowest BCUT2D eigenvalue weighted by molar-refractivity contribution is 0.597. The molecule has 0 aliphatic rings. The van der Waals surface area contributed by atoms with Crippen molar-refractivity contribution >= 4 is 29.7 Å². The summed E-state index contributed by atoms with van der Waals surface area (Å²) in [5.41, 5.74) is 7.90. The molecule has 0 saturated carbocycles. The van der Waals surface area contributed by atoms with Crippen molar-refractivity contribution in [3.8, 4) is 0 Å². The summed E-state index contributed by atoms with van der Waals surface area (Å²) in [5.74, 6) is 0.207. The molecule has 0 aliphatic heterocycles. The van der Waals surface area contributed by atoms with Gasteiger partial charge in [0.05, 0.1) is 5.69 Å². The minimum atomic E-state index is 0.0116. The molecule has 0 bridgehead atoms. The van der Waals surface area contributed by atoms with E-state index in [9.17, 15) is 4.79 Å². The number of hydrogen-bond acceptors (Lipinski definition) is 4. The quantitative estimate of drug-likeness (QED) is 0.774. The van der Waals surface area contributed by atoms with Crippen LogP contribution < -0.4 is 16.8 Å². The van der Waals surface area contributed by atoms with E-state index in [0.717, 1.165) is 16.5 Å². The summed E-state index contributed by atoms with van der Waals surface area (Å²) in [4.78, 5) is 20.7. The Hall–Kier alpha value is -1.85. The van der Waals surface area contributed by atoms with Gasteiger partial charge in [0.25, 0.3) is 0 Å². The Morgan fingerprint density at radius 1 is 1.39 bits per heavy atom. The predicted molar refractivity (Wildman–Crippen MR) is 76.0 cm³/mol. The van der Waals surface area contributed by atoms with Crippen molar-refractivity contribution in [3.63, 3.8) is 0 Å². The molecule has 2 rings (SSSR count). The monoisotopic (exact) mass is 244 g/mol. The van der Waals surface area contributed by atoms with E-state index in [1.807, 2.05) is 33.7 Å². The maximum Gasteiger partial charge on any atom is 0.246 e. The number of nitrogen functional groups attached to an aromatic ring is 1. The molecule has 0 radical (unpaired) electrons. The topological polar surface area (TPSA) is 73.8 Å². The lowest BCUT2D eigenvalue weighted by Gasteiger charge is -2.15. The zero-order valence-corrected chi connectivity index (χ0v) is 11.2. The molecule has 0 aromatic carbocycles. The number of anilines is 1. The Bertz CT molecular complexity index is 663. The number of pyridine rings is 1. The molecular weight excluding hydrogens is 227 g/mol. The van der Waals surface area contributed by atoms with Crippen LogP contribution in [0.1, 0.15) is 25.6 Å². The second-order valence-electron chi connectivity index (χ2n) is 4.70. The van der Waals surface area contributed by atoms with Gasteiger partial charge in [-0.3, -0.25) is 9.36 Å². The average Bonchev–Trinajstić information content (AvgIpc) is 2.27. The molecule has 2 N–H and O–H groups in total. The van der Waals surface area contributed by atoms with E-state index < -0.39 is 0 Å².